The normalized spacial score (nSPS) is 25.5. The van der Waals surface area contributed by atoms with E-state index in [1.54, 1.807) is 12.1 Å². The Morgan fingerprint density at radius 3 is 2.40 bits per heavy atom. The van der Waals surface area contributed by atoms with E-state index < -0.39 is 108 Å². The van der Waals surface area contributed by atoms with E-state index in [1.165, 1.54) is 63.9 Å². The predicted octanol–water partition coefficient (Wildman–Crippen LogP) is 3.21. The molecule has 30 nitrogen and oxygen atoms in total. The molecule has 1 amide bonds. The van der Waals surface area contributed by atoms with Gasteiger partial charge in [-0.3, -0.25) is 27.6 Å². The topological polar surface area (TPSA) is 415 Å². The number of hydrogen-bond donors (Lipinski definition) is 6. The molecule has 0 spiro atoms. The van der Waals surface area contributed by atoms with Crippen molar-refractivity contribution in [3.63, 3.8) is 0 Å². The number of aliphatic hydroxyl groups is 1. The highest BCUT2D eigenvalue weighted by Gasteiger charge is 2.54. The van der Waals surface area contributed by atoms with Crippen molar-refractivity contribution in [2.75, 3.05) is 44.1 Å². The number of aliphatic hydroxyl groups excluding tert-OH is 1. The van der Waals surface area contributed by atoms with Crippen LogP contribution in [0.15, 0.2) is 59.1 Å². The van der Waals surface area contributed by atoms with Gasteiger partial charge in [-0.05, 0) is 23.6 Å². The fraction of sp³-hybridized carbons (Fsp3) is 0.564. The number of nitrogens with two attached hydrogens (primary N) is 2. The number of carbonyl (C=O) groups is 2. The number of benzene rings is 1. The molecule has 3 aromatic heterocycles. The van der Waals surface area contributed by atoms with Crippen LogP contribution < -0.4 is 17.2 Å². The van der Waals surface area contributed by atoms with Crippen LogP contribution in [0.2, 0.25) is 0 Å². The first-order valence-corrected chi connectivity index (χ1v) is 27.3. The summed E-state index contributed by atoms with van der Waals surface area (Å²) in [5.41, 5.74) is 20.6. The van der Waals surface area contributed by atoms with E-state index in [-0.39, 0.29) is 46.5 Å². The van der Waals surface area contributed by atoms with E-state index in [4.69, 9.17) is 59.0 Å². The van der Waals surface area contributed by atoms with Crippen LogP contribution in [0.4, 0.5) is 22.1 Å². The van der Waals surface area contributed by atoms with Gasteiger partial charge < -0.3 is 59.7 Å². The van der Waals surface area contributed by atoms with Crippen molar-refractivity contribution in [3.8, 4) is 0 Å². The molecule has 3 aliphatic heterocycles. The van der Waals surface area contributed by atoms with E-state index in [0.29, 0.717) is 24.1 Å². The van der Waals surface area contributed by atoms with Gasteiger partial charge >= 0.3 is 33.4 Å². The monoisotopic (exact) mass is 1100 g/mol. The van der Waals surface area contributed by atoms with Crippen molar-refractivity contribution in [1.82, 2.24) is 34.0 Å². The number of amides is 1. The number of carbonyl (C=O) groups excluding carboxylic acids is 2. The van der Waals surface area contributed by atoms with Gasteiger partial charge in [-0.1, -0.05) is 71.7 Å². The van der Waals surface area contributed by atoms with Gasteiger partial charge in [0, 0.05) is 47.4 Å². The maximum Gasteiger partial charge on any atom is 0.472 e. The Bertz CT molecular complexity index is 2790. The summed E-state index contributed by atoms with van der Waals surface area (Å²) < 4.78 is 79.1. The molecular weight excluding hydrogens is 1050 g/mol. The van der Waals surface area contributed by atoms with E-state index in [2.05, 4.69) is 30.0 Å². The van der Waals surface area contributed by atoms with Gasteiger partial charge in [0.2, 0.25) is 0 Å². The lowest BCUT2D eigenvalue weighted by atomic mass is 10.1. The Morgan fingerprint density at radius 1 is 1.01 bits per heavy atom. The standard InChI is InChI=1S/C39H52N12O18P2S2/c1-39(2,3)73-72-17-22(49(4)38(55)62-14-20-7-9-21(10-8-20)47-48-42)36(53)68-29-23(65-34(28(29)52)51-19-45-27-32(41)43-18-44-33(27)51)16-64-71(59,60)69-30-24(15-63-70(56,57)58)66-35(31(30)67-26-6-5-13-61-26)50-12-11-25(40)46-37(50)54/h7-12,18-19,22-24,26,28-31,34-35,52H,5-6,13-17H2,1-4H3,(H,59,60)(H2,40,46,54)(H2,41,43,44)(H2,56,57,58)/t22?,23-,24-,26?,28-,29-,30-,31-,34-,35-/m1/s1. The van der Waals surface area contributed by atoms with E-state index in [1.807, 2.05) is 20.8 Å². The Labute approximate surface area is 422 Å². The van der Waals surface area contributed by atoms with Gasteiger partial charge in [0.25, 0.3) is 0 Å². The smallest absolute Gasteiger partial charge is 0.455 e. The number of rotatable bonds is 21. The number of phosphoric ester groups is 2. The molecule has 3 fully saturated rings. The first-order chi connectivity index (χ1) is 34.5. The molecule has 0 bridgehead atoms. The van der Waals surface area contributed by atoms with Crippen LogP contribution in [0.5, 0.6) is 0 Å². The molecular formula is C39H52N12O18P2S2. The third kappa shape index (κ3) is 14.5. The van der Waals surface area contributed by atoms with Gasteiger partial charge in [0.1, 0.15) is 60.8 Å². The number of azide groups is 1. The van der Waals surface area contributed by atoms with Gasteiger partial charge in [0.05, 0.1) is 19.5 Å². The second-order valence-electron chi connectivity index (χ2n) is 17.3. The zero-order valence-corrected chi connectivity index (χ0v) is 42.6. The fourth-order valence-electron chi connectivity index (χ4n) is 7.51. The number of likely N-dealkylation sites (N-methyl/N-ethyl adjacent to an activating group) is 1. The molecule has 1 aromatic carbocycles. The lowest BCUT2D eigenvalue weighted by molar-refractivity contribution is -0.181. The van der Waals surface area contributed by atoms with Crippen molar-refractivity contribution in [2.45, 2.75) is 106 Å². The predicted molar refractivity (Wildman–Crippen MR) is 256 cm³/mol. The quantitative estimate of drug-likeness (QED) is 0.0174. The van der Waals surface area contributed by atoms with Crippen molar-refractivity contribution in [3.05, 3.63) is 75.7 Å². The molecule has 3 aliphatic rings. The molecule has 0 saturated carbocycles. The number of fused-ring (bicyclic) bond motifs is 1. The van der Waals surface area contributed by atoms with E-state index >= 15 is 0 Å². The number of imidazole rings is 1. The third-order valence-corrected chi connectivity index (χ3v) is 15.7. The number of phosphoric acid groups is 2. The summed E-state index contributed by atoms with van der Waals surface area (Å²) in [6.45, 7) is 3.90. The van der Waals surface area contributed by atoms with Crippen LogP contribution in [-0.2, 0) is 62.5 Å². The molecule has 0 radical (unpaired) electrons. The number of esters is 1. The maximum absolute atomic E-state index is 14.4. The van der Waals surface area contributed by atoms with Crippen LogP contribution in [0, 0.1) is 0 Å². The molecule has 4 aromatic rings. The van der Waals surface area contributed by atoms with Gasteiger partial charge in [0.15, 0.2) is 36.3 Å². The molecule has 11 atom stereocenters. The highest BCUT2D eigenvalue weighted by atomic mass is 33.1. The second-order valence-corrected chi connectivity index (χ2v) is 23.1. The molecule has 34 heteroatoms. The second kappa shape index (κ2) is 23.7. The van der Waals surface area contributed by atoms with Crippen LogP contribution >= 0.6 is 37.2 Å². The lowest BCUT2D eigenvalue weighted by Gasteiger charge is -2.30. The van der Waals surface area contributed by atoms with Crippen LogP contribution in [-0.4, -0.2) is 152 Å². The molecule has 7 rings (SSSR count). The first-order valence-electron chi connectivity index (χ1n) is 21.9. The largest absolute Gasteiger partial charge is 0.472 e. The number of nitrogen functional groups attached to an aromatic ring is 2. The van der Waals surface area contributed by atoms with Crippen LogP contribution in [0.3, 0.4) is 0 Å². The highest BCUT2D eigenvalue weighted by Crippen LogP contribution is 2.51. The molecule has 398 valence electrons. The molecule has 3 saturated heterocycles. The molecule has 0 aliphatic carbocycles. The van der Waals surface area contributed by atoms with Gasteiger partial charge in [-0.25, -0.2) is 38.5 Å². The SMILES string of the molecule is CN(C(=O)OCc1ccc(N=[N+]=[N-])cc1)C(CSSC(C)(C)C)C(=O)O[C@H]1[C@@H](O)[C@H](n2cnc3c(N)ncnc32)O[C@@H]1COP(=O)(O)O[C@H]1[C@@H](OC2CCCO2)[C@H](n2ccc(N)nc2=O)O[C@@H]1COP(=O)(O)O. The van der Waals surface area contributed by atoms with Crippen molar-refractivity contribution >= 4 is 77.8 Å². The minimum absolute atomic E-state index is 0.0204. The number of aromatic nitrogens is 6. The summed E-state index contributed by atoms with van der Waals surface area (Å²) in [5.74, 6) is -1.30. The third-order valence-electron chi connectivity index (χ3n) is 10.9. The first kappa shape index (κ1) is 55.8. The maximum atomic E-state index is 14.4. The molecule has 8 N–H and O–H groups in total. The summed E-state index contributed by atoms with van der Waals surface area (Å²) in [7, 11) is -6.73. The van der Waals surface area contributed by atoms with E-state index in [0.717, 1.165) is 15.8 Å². The van der Waals surface area contributed by atoms with Crippen molar-refractivity contribution < 1.29 is 80.5 Å². The summed E-state index contributed by atoms with van der Waals surface area (Å²) in [5, 5.41) is 15.5. The van der Waals surface area contributed by atoms with Gasteiger partial charge in [-0.15, -0.1) is 0 Å². The van der Waals surface area contributed by atoms with Crippen molar-refractivity contribution in [1.29, 1.82) is 0 Å². The Morgan fingerprint density at radius 2 is 1.73 bits per heavy atom. The average Bonchev–Trinajstić information content (AvgIpc) is 4.13. The Hall–Kier alpha value is -4.98. The summed E-state index contributed by atoms with van der Waals surface area (Å²) >= 11 is 0. The van der Waals surface area contributed by atoms with Crippen LogP contribution in [0.25, 0.3) is 21.6 Å². The van der Waals surface area contributed by atoms with E-state index in [9.17, 15) is 43.3 Å². The van der Waals surface area contributed by atoms with Crippen LogP contribution in [0.1, 0.15) is 51.6 Å². The summed E-state index contributed by atoms with van der Waals surface area (Å²) in [6, 6.07) is 6.07. The summed E-state index contributed by atoms with van der Waals surface area (Å²) in [4.78, 5) is 91.4. The molecule has 6 heterocycles. The average molecular weight is 1100 g/mol. The van der Waals surface area contributed by atoms with Crippen molar-refractivity contribution in [2.24, 2.45) is 5.11 Å². The number of nitrogens with zero attached hydrogens (tertiary/aromatic N) is 10. The zero-order chi connectivity index (χ0) is 52.8. The Kier molecular flexibility index (Phi) is 18.1. The fourth-order valence-corrected chi connectivity index (χ4v) is 11.4. The van der Waals surface area contributed by atoms with Gasteiger partial charge in [-0.2, -0.15) is 4.98 Å². The molecule has 3 unspecified atom stereocenters. The minimum Gasteiger partial charge on any atom is -0.455 e. The number of hydrogen-bond acceptors (Lipinski definition) is 24. The minimum atomic E-state index is -5.47. The highest BCUT2D eigenvalue weighted by molar-refractivity contribution is 8.77. The zero-order valence-electron chi connectivity index (χ0n) is 39.2. The Balaban J connectivity index is 1.15. The number of anilines is 2. The number of ether oxygens (including phenoxy) is 6. The summed E-state index contributed by atoms with van der Waals surface area (Å²) in [6.07, 6.45) is -10.7. The molecule has 73 heavy (non-hydrogen) atoms. The lowest BCUT2D eigenvalue weighted by Crippen LogP contribution is -2.48.